The van der Waals surface area contributed by atoms with Crippen molar-refractivity contribution in [1.82, 2.24) is 4.98 Å². The molecule has 0 bridgehead atoms. The first-order valence-corrected chi connectivity index (χ1v) is 8.60. The first-order valence-electron chi connectivity index (χ1n) is 8.60. The maximum atomic E-state index is 12.4. The van der Waals surface area contributed by atoms with Crippen LogP contribution in [0.5, 0.6) is 0 Å². The van der Waals surface area contributed by atoms with Crippen molar-refractivity contribution < 1.29 is 24.2 Å². The third-order valence-corrected chi connectivity index (χ3v) is 4.17. The smallest absolute Gasteiger partial charge is 0.341 e. The Kier molecular flexibility index (Phi) is 5.35. The van der Waals surface area contributed by atoms with Crippen LogP contribution in [-0.4, -0.2) is 29.3 Å². The van der Waals surface area contributed by atoms with Gasteiger partial charge >= 0.3 is 5.97 Å². The van der Waals surface area contributed by atoms with Crippen LogP contribution in [-0.2, 0) is 4.74 Å². The Labute approximate surface area is 161 Å². The van der Waals surface area contributed by atoms with Gasteiger partial charge in [0.1, 0.15) is 5.56 Å². The van der Waals surface area contributed by atoms with Crippen molar-refractivity contribution in [3.05, 3.63) is 65.4 Å². The summed E-state index contributed by atoms with van der Waals surface area (Å²) >= 11 is 0. The minimum atomic E-state index is -1.36. The third-order valence-electron chi connectivity index (χ3n) is 4.17. The number of nitrogens with zero attached hydrogens (tertiary/aromatic N) is 1. The van der Waals surface area contributed by atoms with E-state index in [-0.39, 0.29) is 29.0 Å². The van der Waals surface area contributed by atoms with E-state index in [0.717, 1.165) is 0 Å². The van der Waals surface area contributed by atoms with Gasteiger partial charge in [0.2, 0.25) is 0 Å². The van der Waals surface area contributed by atoms with Gasteiger partial charge in [0.05, 0.1) is 23.8 Å². The van der Waals surface area contributed by atoms with Crippen LogP contribution in [0.25, 0.3) is 10.9 Å². The Balaban J connectivity index is 2.17. The van der Waals surface area contributed by atoms with Gasteiger partial charge in [0, 0.05) is 28.4 Å². The standard InChI is InChI=1S/C21H18N2O5/c1-3-28-21(27)17-11-22-18-15(5-4-6-16(18)20(25)26)19(17)23-14-9-7-13(8-10-14)12(2)24/h4-11H,3H2,1-2H3,(H,22,23)(H,25,26)/p-1. The lowest BCUT2D eigenvalue weighted by Gasteiger charge is -2.16. The Morgan fingerprint density at radius 2 is 1.79 bits per heavy atom. The number of carboxylic acids is 1. The van der Waals surface area contributed by atoms with E-state index in [4.69, 9.17) is 4.74 Å². The molecule has 0 saturated heterocycles. The summed E-state index contributed by atoms with van der Waals surface area (Å²) < 4.78 is 5.09. The number of fused-ring (bicyclic) bond motifs is 1. The minimum Gasteiger partial charge on any atom is -0.545 e. The molecule has 0 atom stereocenters. The van der Waals surface area contributed by atoms with Crippen molar-refractivity contribution in [3.8, 4) is 0 Å². The summed E-state index contributed by atoms with van der Waals surface area (Å²) in [6.07, 6.45) is 1.28. The second-order valence-corrected chi connectivity index (χ2v) is 6.02. The predicted molar refractivity (Wildman–Crippen MR) is 102 cm³/mol. The van der Waals surface area contributed by atoms with Gasteiger partial charge in [0.25, 0.3) is 0 Å². The molecule has 0 fully saturated rings. The third kappa shape index (κ3) is 3.68. The fourth-order valence-corrected chi connectivity index (χ4v) is 2.82. The molecule has 0 saturated carbocycles. The number of ether oxygens (including phenoxy) is 1. The molecule has 0 aliphatic heterocycles. The monoisotopic (exact) mass is 377 g/mol. The SMILES string of the molecule is CCOC(=O)c1cnc2c(C(=O)[O-])cccc2c1Nc1ccc(C(C)=O)cc1. The van der Waals surface area contributed by atoms with Gasteiger partial charge in [-0.2, -0.15) is 0 Å². The molecule has 1 N–H and O–H groups in total. The molecule has 28 heavy (non-hydrogen) atoms. The Bertz CT molecular complexity index is 1070. The number of esters is 1. The van der Waals surface area contributed by atoms with Gasteiger partial charge in [0.15, 0.2) is 5.78 Å². The highest BCUT2D eigenvalue weighted by molar-refractivity contribution is 6.10. The number of hydrogen-bond acceptors (Lipinski definition) is 7. The average molecular weight is 377 g/mol. The lowest BCUT2D eigenvalue weighted by atomic mass is 10.0. The molecule has 0 unspecified atom stereocenters. The summed E-state index contributed by atoms with van der Waals surface area (Å²) in [6.45, 7) is 3.34. The van der Waals surface area contributed by atoms with E-state index in [1.165, 1.54) is 19.2 Å². The fourth-order valence-electron chi connectivity index (χ4n) is 2.82. The summed E-state index contributed by atoms with van der Waals surface area (Å²) in [6, 6.07) is 11.3. The molecule has 2 aromatic carbocycles. The van der Waals surface area contributed by atoms with E-state index in [0.29, 0.717) is 22.3 Å². The van der Waals surface area contributed by atoms with Crippen LogP contribution in [0.2, 0.25) is 0 Å². The first-order chi connectivity index (χ1) is 13.4. The van der Waals surface area contributed by atoms with Crippen LogP contribution in [0.1, 0.15) is 44.9 Å². The highest BCUT2D eigenvalue weighted by Crippen LogP contribution is 2.31. The molecular weight excluding hydrogens is 360 g/mol. The number of nitrogens with one attached hydrogen (secondary N) is 1. The van der Waals surface area contributed by atoms with E-state index in [1.807, 2.05) is 0 Å². The quantitative estimate of drug-likeness (QED) is 0.520. The largest absolute Gasteiger partial charge is 0.545 e. The highest BCUT2D eigenvalue weighted by Gasteiger charge is 2.18. The van der Waals surface area contributed by atoms with Crippen LogP contribution >= 0.6 is 0 Å². The summed E-state index contributed by atoms with van der Waals surface area (Å²) in [5.41, 5.74) is 1.81. The van der Waals surface area contributed by atoms with Crippen LogP contribution < -0.4 is 10.4 Å². The molecule has 0 aliphatic rings. The van der Waals surface area contributed by atoms with Crippen molar-refractivity contribution >= 4 is 40.0 Å². The number of ketones is 1. The van der Waals surface area contributed by atoms with Crippen molar-refractivity contribution in [2.24, 2.45) is 0 Å². The van der Waals surface area contributed by atoms with E-state index in [2.05, 4.69) is 10.3 Å². The predicted octanol–water partition coefficient (Wildman–Crippen LogP) is 2.72. The van der Waals surface area contributed by atoms with Crippen molar-refractivity contribution in [2.75, 3.05) is 11.9 Å². The zero-order valence-electron chi connectivity index (χ0n) is 15.3. The number of para-hydroxylation sites is 1. The van der Waals surface area contributed by atoms with Crippen LogP contribution in [0.4, 0.5) is 11.4 Å². The average Bonchev–Trinajstić information content (AvgIpc) is 2.68. The second-order valence-electron chi connectivity index (χ2n) is 6.02. The summed E-state index contributed by atoms with van der Waals surface area (Å²) in [5, 5.41) is 15.0. The van der Waals surface area contributed by atoms with Gasteiger partial charge in [-0.15, -0.1) is 0 Å². The number of aromatic carboxylic acids is 1. The summed E-state index contributed by atoms with van der Waals surface area (Å²) in [5.74, 6) is -2.01. The molecule has 0 spiro atoms. The number of benzene rings is 2. The normalized spacial score (nSPS) is 10.5. The molecule has 3 rings (SSSR count). The lowest BCUT2D eigenvalue weighted by molar-refractivity contribution is -0.254. The van der Waals surface area contributed by atoms with E-state index >= 15 is 0 Å². The van der Waals surface area contributed by atoms with Crippen LogP contribution in [0.3, 0.4) is 0 Å². The molecule has 1 aromatic heterocycles. The molecule has 0 aliphatic carbocycles. The fraction of sp³-hybridized carbons (Fsp3) is 0.143. The first kappa shape index (κ1) is 19.0. The maximum absolute atomic E-state index is 12.4. The summed E-state index contributed by atoms with van der Waals surface area (Å²) in [4.78, 5) is 39.4. The highest BCUT2D eigenvalue weighted by atomic mass is 16.5. The van der Waals surface area contributed by atoms with Gasteiger partial charge < -0.3 is 20.0 Å². The summed E-state index contributed by atoms with van der Waals surface area (Å²) in [7, 11) is 0. The van der Waals surface area contributed by atoms with Gasteiger partial charge in [-0.25, -0.2) is 4.79 Å². The molecule has 0 amide bonds. The number of pyridine rings is 1. The van der Waals surface area contributed by atoms with E-state index in [1.54, 1.807) is 43.3 Å². The number of hydrogen-bond donors (Lipinski definition) is 1. The molecule has 1 heterocycles. The van der Waals surface area contributed by atoms with Crippen LogP contribution in [0, 0.1) is 0 Å². The molecule has 0 radical (unpaired) electrons. The minimum absolute atomic E-state index is 0.0632. The number of Topliss-reactive ketones (excluding diaryl/α,β-unsaturated/α-hetero) is 1. The van der Waals surface area contributed by atoms with Gasteiger partial charge in [-0.1, -0.05) is 18.2 Å². The molecule has 7 heteroatoms. The number of anilines is 2. The number of aromatic nitrogens is 1. The molecular formula is C21H17N2O5-. The molecule has 7 nitrogen and oxygen atoms in total. The molecule has 3 aromatic rings. The molecule has 142 valence electrons. The number of carbonyl (C=O) groups is 3. The zero-order valence-corrected chi connectivity index (χ0v) is 15.3. The number of rotatable bonds is 6. The van der Waals surface area contributed by atoms with E-state index < -0.39 is 11.9 Å². The van der Waals surface area contributed by atoms with E-state index in [9.17, 15) is 19.5 Å². The Morgan fingerprint density at radius 1 is 1.07 bits per heavy atom. The lowest BCUT2D eigenvalue weighted by Crippen LogP contribution is -2.23. The number of carboxylic acid groups (broad SMARTS) is 1. The van der Waals surface area contributed by atoms with Crippen LogP contribution in [0.15, 0.2) is 48.7 Å². The van der Waals surface area contributed by atoms with Crippen molar-refractivity contribution in [2.45, 2.75) is 13.8 Å². The van der Waals surface area contributed by atoms with Gasteiger partial charge in [-0.05, 0) is 38.1 Å². The second kappa shape index (κ2) is 7.87. The number of carbonyl (C=O) groups excluding carboxylic acids is 3. The Hall–Kier alpha value is -3.74. The topological polar surface area (TPSA) is 108 Å². The maximum Gasteiger partial charge on any atom is 0.341 e. The van der Waals surface area contributed by atoms with Gasteiger partial charge in [-0.3, -0.25) is 9.78 Å². The Morgan fingerprint density at radius 3 is 2.39 bits per heavy atom. The van der Waals surface area contributed by atoms with Crippen molar-refractivity contribution in [3.63, 3.8) is 0 Å². The zero-order chi connectivity index (χ0) is 20.3. The van der Waals surface area contributed by atoms with Crippen molar-refractivity contribution in [1.29, 1.82) is 0 Å².